The first-order valence-corrected chi connectivity index (χ1v) is 8.32. The minimum Gasteiger partial charge on any atom is -0.455 e. The number of thioether (sulfide) groups is 1. The molecule has 7 nitrogen and oxygen atoms in total. The van der Waals surface area contributed by atoms with E-state index in [0.717, 1.165) is 5.56 Å². The lowest BCUT2D eigenvalue weighted by molar-refractivity contribution is -0.384. The maximum absolute atomic E-state index is 11.8. The zero-order chi connectivity index (χ0) is 18.2. The number of nitrogens with zero attached hydrogens (tertiary/aromatic N) is 1. The van der Waals surface area contributed by atoms with Gasteiger partial charge in [0.05, 0.1) is 10.7 Å². The van der Waals surface area contributed by atoms with Crippen LogP contribution in [-0.2, 0) is 14.3 Å². The first-order chi connectivity index (χ1) is 12.0. The van der Waals surface area contributed by atoms with Gasteiger partial charge in [-0.1, -0.05) is 18.2 Å². The number of para-hydroxylation sites is 1. The molecule has 130 valence electrons. The van der Waals surface area contributed by atoms with Crippen molar-refractivity contribution in [3.05, 3.63) is 64.2 Å². The minimum absolute atomic E-state index is 0.00938. The molecular weight excluding hydrogens is 344 g/mol. The molecular formula is C17H16N2O5S. The Morgan fingerprint density at radius 2 is 1.84 bits per heavy atom. The van der Waals surface area contributed by atoms with Crippen molar-refractivity contribution in [2.75, 3.05) is 17.7 Å². The molecule has 0 saturated carbocycles. The van der Waals surface area contributed by atoms with Crippen LogP contribution >= 0.6 is 11.8 Å². The number of non-ortho nitro benzene ring substituents is 1. The van der Waals surface area contributed by atoms with Gasteiger partial charge in [0.1, 0.15) is 0 Å². The van der Waals surface area contributed by atoms with Gasteiger partial charge in [-0.05, 0) is 30.7 Å². The molecule has 1 amide bonds. The highest BCUT2D eigenvalue weighted by Crippen LogP contribution is 2.21. The van der Waals surface area contributed by atoms with Gasteiger partial charge in [-0.3, -0.25) is 19.7 Å². The predicted octanol–water partition coefficient (Wildman–Crippen LogP) is 3.18. The number of aryl methyl sites for hydroxylation is 1. The van der Waals surface area contributed by atoms with E-state index in [9.17, 15) is 19.7 Å². The standard InChI is InChI=1S/C17H16N2O5S/c1-12-4-2-3-5-15(12)18-16(20)10-24-17(21)11-25-14-8-6-13(7-9-14)19(22)23/h2-9H,10-11H2,1H3,(H,18,20). The number of nitro groups is 1. The second-order valence-corrected chi connectivity index (χ2v) is 6.11. The summed E-state index contributed by atoms with van der Waals surface area (Å²) in [7, 11) is 0. The van der Waals surface area contributed by atoms with Gasteiger partial charge < -0.3 is 10.1 Å². The van der Waals surface area contributed by atoms with Crippen molar-refractivity contribution in [2.45, 2.75) is 11.8 Å². The summed E-state index contributed by atoms with van der Waals surface area (Å²) in [5.41, 5.74) is 1.57. The molecule has 0 unspecified atom stereocenters. The first-order valence-electron chi connectivity index (χ1n) is 7.34. The van der Waals surface area contributed by atoms with Crippen molar-refractivity contribution in [3.63, 3.8) is 0 Å². The zero-order valence-electron chi connectivity index (χ0n) is 13.4. The molecule has 0 spiro atoms. The van der Waals surface area contributed by atoms with E-state index >= 15 is 0 Å². The number of rotatable bonds is 7. The molecule has 0 aliphatic rings. The molecule has 0 saturated heterocycles. The summed E-state index contributed by atoms with van der Waals surface area (Å²) in [6.07, 6.45) is 0. The molecule has 0 aliphatic carbocycles. The van der Waals surface area contributed by atoms with Crippen LogP contribution in [0, 0.1) is 17.0 Å². The Labute approximate surface area is 148 Å². The molecule has 25 heavy (non-hydrogen) atoms. The number of benzene rings is 2. The summed E-state index contributed by atoms with van der Waals surface area (Å²) in [6, 6.07) is 13.1. The van der Waals surface area contributed by atoms with E-state index in [1.165, 1.54) is 23.9 Å². The molecule has 0 aromatic heterocycles. The van der Waals surface area contributed by atoms with Gasteiger partial charge in [0, 0.05) is 22.7 Å². The maximum atomic E-state index is 11.8. The van der Waals surface area contributed by atoms with Gasteiger partial charge in [-0.15, -0.1) is 11.8 Å². The average Bonchev–Trinajstić information content (AvgIpc) is 2.60. The molecule has 1 N–H and O–H groups in total. The Hall–Kier alpha value is -2.87. The molecule has 8 heteroatoms. The van der Waals surface area contributed by atoms with Crippen LogP contribution in [0.3, 0.4) is 0 Å². The average molecular weight is 360 g/mol. The fourth-order valence-corrected chi connectivity index (χ4v) is 2.59. The third kappa shape index (κ3) is 5.92. The summed E-state index contributed by atoms with van der Waals surface area (Å²) in [6.45, 7) is 1.50. The first kappa shape index (κ1) is 18.5. The van der Waals surface area contributed by atoms with E-state index in [2.05, 4.69) is 5.32 Å². The number of nitro benzene ring substituents is 1. The number of carbonyl (C=O) groups excluding carboxylic acids is 2. The molecule has 0 bridgehead atoms. The smallest absolute Gasteiger partial charge is 0.316 e. The van der Waals surface area contributed by atoms with Crippen LogP contribution < -0.4 is 5.32 Å². The van der Waals surface area contributed by atoms with Crippen molar-refractivity contribution in [3.8, 4) is 0 Å². The van der Waals surface area contributed by atoms with Crippen LogP contribution in [-0.4, -0.2) is 29.2 Å². The van der Waals surface area contributed by atoms with Crippen molar-refractivity contribution in [1.82, 2.24) is 0 Å². The van der Waals surface area contributed by atoms with E-state index in [1.807, 2.05) is 19.1 Å². The Morgan fingerprint density at radius 1 is 1.16 bits per heavy atom. The van der Waals surface area contributed by atoms with Crippen LogP contribution in [0.25, 0.3) is 0 Å². The Morgan fingerprint density at radius 3 is 2.48 bits per heavy atom. The molecule has 0 aliphatic heterocycles. The normalized spacial score (nSPS) is 10.1. The number of anilines is 1. The summed E-state index contributed by atoms with van der Waals surface area (Å²) >= 11 is 1.18. The van der Waals surface area contributed by atoms with Crippen molar-refractivity contribution >= 4 is 35.0 Å². The number of ether oxygens (including phenoxy) is 1. The molecule has 2 aromatic rings. The lowest BCUT2D eigenvalue weighted by atomic mass is 10.2. The Bertz CT molecular complexity index is 777. The minimum atomic E-state index is -0.539. The largest absolute Gasteiger partial charge is 0.455 e. The van der Waals surface area contributed by atoms with Gasteiger partial charge in [0.2, 0.25) is 0 Å². The maximum Gasteiger partial charge on any atom is 0.316 e. The highest BCUT2D eigenvalue weighted by atomic mass is 32.2. The number of amides is 1. The molecule has 2 rings (SSSR count). The van der Waals surface area contributed by atoms with Crippen LogP contribution in [0.2, 0.25) is 0 Å². The predicted molar refractivity (Wildman–Crippen MR) is 94.6 cm³/mol. The van der Waals surface area contributed by atoms with Gasteiger partial charge in [-0.2, -0.15) is 0 Å². The molecule has 0 fully saturated rings. The van der Waals surface area contributed by atoms with Crippen LogP contribution in [0.4, 0.5) is 11.4 Å². The van der Waals surface area contributed by atoms with Gasteiger partial charge in [0.15, 0.2) is 6.61 Å². The van der Waals surface area contributed by atoms with Crippen molar-refractivity contribution in [1.29, 1.82) is 0 Å². The number of hydrogen-bond donors (Lipinski definition) is 1. The van der Waals surface area contributed by atoms with E-state index in [0.29, 0.717) is 10.6 Å². The lowest BCUT2D eigenvalue weighted by Crippen LogP contribution is -2.22. The fourth-order valence-electron chi connectivity index (χ4n) is 1.89. The van der Waals surface area contributed by atoms with Crippen LogP contribution in [0.15, 0.2) is 53.4 Å². The number of nitrogens with one attached hydrogen (secondary N) is 1. The van der Waals surface area contributed by atoms with Gasteiger partial charge >= 0.3 is 5.97 Å². The second-order valence-electron chi connectivity index (χ2n) is 5.06. The number of esters is 1. The fraction of sp³-hybridized carbons (Fsp3) is 0.176. The highest BCUT2D eigenvalue weighted by Gasteiger charge is 2.10. The van der Waals surface area contributed by atoms with E-state index in [1.54, 1.807) is 24.3 Å². The summed E-state index contributed by atoms with van der Waals surface area (Å²) in [5.74, 6) is -0.943. The number of hydrogen-bond acceptors (Lipinski definition) is 6. The number of carbonyl (C=O) groups is 2. The lowest BCUT2D eigenvalue weighted by Gasteiger charge is -2.08. The summed E-state index contributed by atoms with van der Waals surface area (Å²) < 4.78 is 4.92. The second kappa shape index (κ2) is 8.84. The summed E-state index contributed by atoms with van der Waals surface area (Å²) in [4.78, 5) is 34.2. The molecule has 0 atom stereocenters. The molecule has 2 aromatic carbocycles. The SMILES string of the molecule is Cc1ccccc1NC(=O)COC(=O)CSc1ccc([N+](=O)[O-])cc1. The Kier molecular flexibility index (Phi) is 6.53. The molecule has 0 radical (unpaired) electrons. The van der Waals surface area contributed by atoms with Crippen LogP contribution in [0.1, 0.15) is 5.56 Å². The van der Waals surface area contributed by atoms with E-state index in [-0.39, 0.29) is 18.0 Å². The van der Waals surface area contributed by atoms with E-state index in [4.69, 9.17) is 4.74 Å². The van der Waals surface area contributed by atoms with Gasteiger partial charge in [-0.25, -0.2) is 0 Å². The summed E-state index contributed by atoms with van der Waals surface area (Å²) in [5, 5.41) is 13.2. The quantitative estimate of drug-likeness (QED) is 0.352. The third-order valence-electron chi connectivity index (χ3n) is 3.19. The monoisotopic (exact) mass is 360 g/mol. The van der Waals surface area contributed by atoms with Crippen molar-refractivity contribution < 1.29 is 19.2 Å². The van der Waals surface area contributed by atoms with Gasteiger partial charge in [0.25, 0.3) is 11.6 Å². The topological polar surface area (TPSA) is 98.5 Å². The third-order valence-corrected chi connectivity index (χ3v) is 4.17. The van der Waals surface area contributed by atoms with E-state index < -0.39 is 16.8 Å². The van der Waals surface area contributed by atoms with Crippen LogP contribution in [0.5, 0.6) is 0 Å². The zero-order valence-corrected chi connectivity index (χ0v) is 14.2. The highest BCUT2D eigenvalue weighted by molar-refractivity contribution is 8.00. The Balaban J connectivity index is 1.74. The van der Waals surface area contributed by atoms with Crippen molar-refractivity contribution in [2.24, 2.45) is 0 Å². The molecule has 0 heterocycles.